The Labute approximate surface area is 118 Å². The second kappa shape index (κ2) is 9.40. The van der Waals surface area contributed by atoms with E-state index in [1.807, 2.05) is 18.2 Å². The molecule has 0 aliphatic rings. The van der Waals surface area contributed by atoms with Crippen molar-refractivity contribution in [2.24, 2.45) is 0 Å². The maximum atomic E-state index is 9.24. The zero-order chi connectivity index (χ0) is 13.2. The standard InChI is InChI=1S/C15H23BrO2/c1-2-3-4-5-6-7-11-18-15-13(12-17)9-8-10-14(15)16/h8-10,17H,2-7,11-12H2,1H3. The van der Waals surface area contributed by atoms with Crippen LogP contribution in [0.1, 0.15) is 51.0 Å². The van der Waals surface area contributed by atoms with Crippen LogP contribution in [0.5, 0.6) is 5.75 Å². The minimum absolute atomic E-state index is 0.0191. The van der Waals surface area contributed by atoms with E-state index in [9.17, 15) is 5.11 Å². The van der Waals surface area contributed by atoms with Crippen molar-refractivity contribution in [1.29, 1.82) is 0 Å². The number of aliphatic hydroxyl groups is 1. The van der Waals surface area contributed by atoms with E-state index in [0.717, 1.165) is 28.8 Å². The summed E-state index contributed by atoms with van der Waals surface area (Å²) in [5.41, 5.74) is 0.843. The molecular formula is C15H23BrO2. The van der Waals surface area contributed by atoms with Crippen LogP contribution >= 0.6 is 15.9 Å². The second-order valence-electron chi connectivity index (χ2n) is 4.50. The van der Waals surface area contributed by atoms with Crippen LogP contribution in [0.3, 0.4) is 0 Å². The number of benzene rings is 1. The van der Waals surface area contributed by atoms with Gasteiger partial charge in [0.15, 0.2) is 0 Å². The molecule has 3 heteroatoms. The van der Waals surface area contributed by atoms with Crippen LogP contribution in [0.25, 0.3) is 0 Å². The number of aliphatic hydroxyl groups excluding tert-OH is 1. The van der Waals surface area contributed by atoms with E-state index in [-0.39, 0.29) is 6.61 Å². The highest BCUT2D eigenvalue weighted by Crippen LogP contribution is 2.29. The third-order valence-corrected chi connectivity index (χ3v) is 3.59. The third-order valence-electron chi connectivity index (χ3n) is 2.96. The molecule has 102 valence electrons. The number of halogens is 1. The Bertz CT molecular complexity index is 339. The molecule has 0 saturated carbocycles. The topological polar surface area (TPSA) is 29.5 Å². The minimum Gasteiger partial charge on any atom is -0.492 e. The summed E-state index contributed by atoms with van der Waals surface area (Å²) >= 11 is 3.46. The second-order valence-corrected chi connectivity index (χ2v) is 5.36. The van der Waals surface area contributed by atoms with Gasteiger partial charge in [-0.15, -0.1) is 0 Å². The SMILES string of the molecule is CCCCCCCCOc1c(Br)cccc1CO. The lowest BCUT2D eigenvalue weighted by molar-refractivity contribution is 0.259. The molecule has 1 rings (SSSR count). The Kier molecular flexibility index (Phi) is 8.10. The number of hydrogen-bond acceptors (Lipinski definition) is 2. The molecule has 0 bridgehead atoms. The summed E-state index contributed by atoms with van der Waals surface area (Å²) in [7, 11) is 0. The van der Waals surface area contributed by atoms with Crippen molar-refractivity contribution in [2.45, 2.75) is 52.1 Å². The Morgan fingerprint density at radius 3 is 2.56 bits per heavy atom. The number of para-hydroxylation sites is 1. The molecule has 0 fully saturated rings. The van der Waals surface area contributed by atoms with Gasteiger partial charge in [-0.25, -0.2) is 0 Å². The zero-order valence-electron chi connectivity index (χ0n) is 11.1. The number of ether oxygens (including phenoxy) is 1. The lowest BCUT2D eigenvalue weighted by Gasteiger charge is -2.11. The van der Waals surface area contributed by atoms with Crippen LogP contribution in [0.2, 0.25) is 0 Å². The van der Waals surface area contributed by atoms with E-state index in [4.69, 9.17) is 4.74 Å². The van der Waals surface area contributed by atoms with E-state index in [2.05, 4.69) is 22.9 Å². The van der Waals surface area contributed by atoms with Gasteiger partial charge in [0.25, 0.3) is 0 Å². The van der Waals surface area contributed by atoms with Crippen molar-refractivity contribution in [1.82, 2.24) is 0 Å². The first-order valence-electron chi connectivity index (χ1n) is 6.80. The van der Waals surface area contributed by atoms with Gasteiger partial charge in [-0.05, 0) is 28.4 Å². The van der Waals surface area contributed by atoms with Crippen LogP contribution in [-0.4, -0.2) is 11.7 Å². The average molecular weight is 315 g/mol. The van der Waals surface area contributed by atoms with Crippen molar-refractivity contribution in [3.8, 4) is 5.75 Å². The smallest absolute Gasteiger partial charge is 0.138 e. The van der Waals surface area contributed by atoms with Gasteiger partial charge in [0.2, 0.25) is 0 Å². The van der Waals surface area contributed by atoms with Gasteiger partial charge in [0, 0.05) is 5.56 Å². The van der Waals surface area contributed by atoms with E-state index in [1.54, 1.807) is 0 Å². The van der Waals surface area contributed by atoms with Crippen LogP contribution in [-0.2, 0) is 6.61 Å². The van der Waals surface area contributed by atoms with Gasteiger partial charge in [-0.3, -0.25) is 0 Å². The van der Waals surface area contributed by atoms with Crippen LogP contribution in [0, 0.1) is 0 Å². The van der Waals surface area contributed by atoms with Gasteiger partial charge in [-0.2, -0.15) is 0 Å². The van der Waals surface area contributed by atoms with Crippen LogP contribution < -0.4 is 4.74 Å². The lowest BCUT2D eigenvalue weighted by atomic mass is 10.1. The highest BCUT2D eigenvalue weighted by atomic mass is 79.9. The molecule has 1 aromatic rings. The van der Waals surface area contributed by atoms with Gasteiger partial charge in [0.1, 0.15) is 5.75 Å². The van der Waals surface area contributed by atoms with Gasteiger partial charge < -0.3 is 9.84 Å². The first-order valence-corrected chi connectivity index (χ1v) is 7.60. The van der Waals surface area contributed by atoms with Crippen molar-refractivity contribution in [3.05, 3.63) is 28.2 Å². The lowest BCUT2D eigenvalue weighted by Crippen LogP contribution is -2.01. The largest absolute Gasteiger partial charge is 0.492 e. The van der Waals surface area contributed by atoms with Crippen molar-refractivity contribution in [3.63, 3.8) is 0 Å². The summed E-state index contributed by atoms with van der Waals surface area (Å²) in [6.45, 7) is 2.97. The molecule has 0 radical (unpaired) electrons. The summed E-state index contributed by atoms with van der Waals surface area (Å²) in [4.78, 5) is 0. The minimum atomic E-state index is 0.0191. The Hall–Kier alpha value is -0.540. The first kappa shape index (κ1) is 15.5. The Balaban J connectivity index is 2.26. The van der Waals surface area contributed by atoms with Crippen LogP contribution in [0.4, 0.5) is 0 Å². The molecule has 0 unspecified atom stereocenters. The number of rotatable bonds is 9. The van der Waals surface area contributed by atoms with Gasteiger partial charge >= 0.3 is 0 Å². The molecule has 0 heterocycles. The van der Waals surface area contributed by atoms with Gasteiger partial charge in [0.05, 0.1) is 17.7 Å². The quantitative estimate of drug-likeness (QED) is 0.670. The van der Waals surface area contributed by atoms with Crippen molar-refractivity contribution >= 4 is 15.9 Å². The highest BCUT2D eigenvalue weighted by Gasteiger charge is 2.06. The van der Waals surface area contributed by atoms with E-state index >= 15 is 0 Å². The van der Waals surface area contributed by atoms with Crippen molar-refractivity contribution in [2.75, 3.05) is 6.61 Å². The van der Waals surface area contributed by atoms with Crippen LogP contribution in [0.15, 0.2) is 22.7 Å². The Morgan fingerprint density at radius 1 is 1.11 bits per heavy atom. The average Bonchev–Trinajstić information content (AvgIpc) is 2.39. The molecule has 0 saturated heterocycles. The third kappa shape index (κ3) is 5.40. The fraction of sp³-hybridized carbons (Fsp3) is 0.600. The molecule has 1 N–H and O–H groups in total. The molecule has 0 aliphatic heterocycles. The summed E-state index contributed by atoms with van der Waals surface area (Å²) in [6, 6.07) is 5.74. The normalized spacial score (nSPS) is 10.6. The monoisotopic (exact) mass is 314 g/mol. The summed E-state index contributed by atoms with van der Waals surface area (Å²) < 4.78 is 6.68. The number of hydrogen-bond donors (Lipinski definition) is 1. The zero-order valence-corrected chi connectivity index (χ0v) is 12.7. The van der Waals surface area contributed by atoms with E-state index in [0.29, 0.717) is 0 Å². The predicted molar refractivity (Wildman–Crippen MR) is 78.9 cm³/mol. The highest BCUT2D eigenvalue weighted by molar-refractivity contribution is 9.10. The van der Waals surface area contributed by atoms with Crippen molar-refractivity contribution < 1.29 is 9.84 Å². The molecule has 0 aliphatic carbocycles. The predicted octanol–water partition coefficient (Wildman–Crippen LogP) is 4.68. The molecule has 0 amide bonds. The maximum absolute atomic E-state index is 9.24. The van der Waals surface area contributed by atoms with Gasteiger partial charge in [-0.1, -0.05) is 51.2 Å². The number of unbranched alkanes of at least 4 members (excludes halogenated alkanes) is 5. The Morgan fingerprint density at radius 2 is 1.83 bits per heavy atom. The van der Waals surface area contributed by atoms with E-state index in [1.165, 1.54) is 32.1 Å². The molecular weight excluding hydrogens is 292 g/mol. The fourth-order valence-electron chi connectivity index (χ4n) is 1.90. The van der Waals surface area contributed by atoms with E-state index < -0.39 is 0 Å². The molecule has 0 aromatic heterocycles. The summed E-state index contributed by atoms with van der Waals surface area (Å²) in [6.07, 6.45) is 7.54. The first-order chi connectivity index (χ1) is 8.79. The molecule has 1 aromatic carbocycles. The molecule has 18 heavy (non-hydrogen) atoms. The molecule has 2 nitrogen and oxygen atoms in total. The maximum Gasteiger partial charge on any atom is 0.138 e. The molecule has 0 atom stereocenters. The molecule has 0 spiro atoms. The summed E-state index contributed by atoms with van der Waals surface area (Å²) in [5.74, 6) is 0.786. The summed E-state index contributed by atoms with van der Waals surface area (Å²) in [5, 5.41) is 9.24. The fourth-order valence-corrected chi connectivity index (χ4v) is 2.42.